The first-order valence-corrected chi connectivity index (χ1v) is 5.49. The Hall–Kier alpha value is -2.63. The molecule has 0 amide bonds. The lowest BCUT2D eigenvalue weighted by molar-refractivity contribution is -0.385. The molecule has 0 aromatic heterocycles. The molecule has 98 valence electrons. The molecule has 2 rings (SSSR count). The Morgan fingerprint density at radius 3 is 2.42 bits per heavy atom. The Morgan fingerprint density at radius 2 is 1.84 bits per heavy atom. The van der Waals surface area contributed by atoms with Crippen molar-refractivity contribution in [1.82, 2.24) is 0 Å². The monoisotopic (exact) mass is 262 g/mol. The highest BCUT2D eigenvalue weighted by atomic mass is 19.1. The lowest BCUT2D eigenvalue weighted by Crippen LogP contribution is -1.92. The zero-order valence-electron chi connectivity index (χ0n) is 10.1. The van der Waals surface area contributed by atoms with Crippen LogP contribution in [-0.4, -0.2) is 12.0 Å². The van der Waals surface area contributed by atoms with Crippen LogP contribution in [0.5, 0.6) is 11.5 Å². The first-order chi connectivity index (χ1) is 9.08. The quantitative estimate of drug-likeness (QED) is 0.675. The van der Waals surface area contributed by atoms with E-state index >= 15 is 0 Å². The molecule has 2 aromatic rings. The minimum atomic E-state index is -0.712. The van der Waals surface area contributed by atoms with Crippen LogP contribution in [0, 0.1) is 15.9 Å². The SMILES string of the molecule is CNc1ccc(Oc2cc(F)cc([N+](=O)[O-])c2)cc1. The molecular formula is C13H11FN2O3. The summed E-state index contributed by atoms with van der Waals surface area (Å²) >= 11 is 0. The normalized spacial score (nSPS) is 10.0. The Kier molecular flexibility index (Phi) is 3.61. The van der Waals surface area contributed by atoms with E-state index in [1.807, 2.05) is 0 Å². The van der Waals surface area contributed by atoms with E-state index in [1.54, 1.807) is 31.3 Å². The van der Waals surface area contributed by atoms with Crippen LogP contribution in [-0.2, 0) is 0 Å². The van der Waals surface area contributed by atoms with Crippen LogP contribution >= 0.6 is 0 Å². The fraction of sp³-hybridized carbons (Fsp3) is 0.0769. The Bertz CT molecular complexity index is 599. The van der Waals surface area contributed by atoms with Crippen LogP contribution in [0.3, 0.4) is 0 Å². The number of nitrogens with zero attached hydrogens (tertiary/aromatic N) is 1. The summed E-state index contributed by atoms with van der Waals surface area (Å²) in [7, 11) is 1.78. The highest BCUT2D eigenvalue weighted by Gasteiger charge is 2.11. The minimum absolute atomic E-state index is 0.0870. The van der Waals surface area contributed by atoms with Crippen molar-refractivity contribution in [3.63, 3.8) is 0 Å². The van der Waals surface area contributed by atoms with Crippen molar-refractivity contribution < 1.29 is 14.1 Å². The third-order valence-electron chi connectivity index (χ3n) is 2.45. The largest absolute Gasteiger partial charge is 0.457 e. The smallest absolute Gasteiger partial charge is 0.276 e. The van der Waals surface area contributed by atoms with Gasteiger partial charge in [0.05, 0.1) is 17.1 Å². The van der Waals surface area contributed by atoms with Crippen molar-refractivity contribution in [3.05, 3.63) is 58.4 Å². The number of hydrogen-bond acceptors (Lipinski definition) is 4. The third kappa shape index (κ3) is 3.19. The third-order valence-corrected chi connectivity index (χ3v) is 2.45. The molecule has 19 heavy (non-hydrogen) atoms. The van der Waals surface area contributed by atoms with Gasteiger partial charge in [0.15, 0.2) is 0 Å². The highest BCUT2D eigenvalue weighted by Crippen LogP contribution is 2.27. The number of hydrogen-bond donors (Lipinski definition) is 1. The molecule has 0 spiro atoms. The van der Waals surface area contributed by atoms with E-state index in [0.717, 1.165) is 17.8 Å². The lowest BCUT2D eigenvalue weighted by Gasteiger charge is -2.07. The number of halogens is 1. The molecule has 0 fully saturated rings. The van der Waals surface area contributed by atoms with Crippen molar-refractivity contribution >= 4 is 11.4 Å². The molecule has 0 aliphatic heterocycles. The van der Waals surface area contributed by atoms with Gasteiger partial charge in [-0.3, -0.25) is 10.1 Å². The predicted octanol–water partition coefficient (Wildman–Crippen LogP) is 3.57. The van der Waals surface area contributed by atoms with Gasteiger partial charge < -0.3 is 10.1 Å². The van der Waals surface area contributed by atoms with E-state index in [0.29, 0.717) is 5.75 Å². The first-order valence-electron chi connectivity index (χ1n) is 5.49. The van der Waals surface area contributed by atoms with E-state index < -0.39 is 10.7 Å². The van der Waals surface area contributed by atoms with E-state index in [-0.39, 0.29) is 11.4 Å². The summed E-state index contributed by atoms with van der Waals surface area (Å²) in [5.74, 6) is -0.154. The fourth-order valence-corrected chi connectivity index (χ4v) is 1.54. The van der Waals surface area contributed by atoms with Crippen LogP contribution < -0.4 is 10.1 Å². The van der Waals surface area contributed by atoms with Crippen LogP contribution in [0.25, 0.3) is 0 Å². The number of non-ortho nitro benzene ring substituents is 1. The standard InChI is InChI=1S/C13H11FN2O3/c1-15-10-2-4-12(5-3-10)19-13-7-9(14)6-11(8-13)16(17)18/h2-8,15H,1H3. The second kappa shape index (κ2) is 5.34. The zero-order valence-corrected chi connectivity index (χ0v) is 10.1. The second-order valence-corrected chi connectivity index (χ2v) is 3.78. The number of benzene rings is 2. The lowest BCUT2D eigenvalue weighted by atomic mass is 10.3. The summed E-state index contributed by atoms with van der Waals surface area (Å²) in [6, 6.07) is 10.0. The molecule has 0 atom stereocenters. The van der Waals surface area contributed by atoms with Gasteiger partial charge in [-0.1, -0.05) is 0 Å². The average Bonchev–Trinajstić information content (AvgIpc) is 2.39. The summed E-state index contributed by atoms with van der Waals surface area (Å²) < 4.78 is 18.6. The number of nitrogens with one attached hydrogen (secondary N) is 1. The molecule has 1 N–H and O–H groups in total. The van der Waals surface area contributed by atoms with Crippen LogP contribution in [0.1, 0.15) is 0 Å². The molecule has 0 heterocycles. The predicted molar refractivity (Wildman–Crippen MR) is 69.1 cm³/mol. The van der Waals surface area contributed by atoms with Gasteiger partial charge in [0, 0.05) is 18.8 Å². The number of ether oxygens (including phenoxy) is 1. The van der Waals surface area contributed by atoms with Crippen molar-refractivity contribution in [3.8, 4) is 11.5 Å². The average molecular weight is 262 g/mol. The molecule has 0 saturated heterocycles. The number of nitro benzene ring substituents is 1. The van der Waals surface area contributed by atoms with Crippen LogP contribution in [0.15, 0.2) is 42.5 Å². The van der Waals surface area contributed by atoms with Crippen LogP contribution in [0.2, 0.25) is 0 Å². The van der Waals surface area contributed by atoms with Gasteiger partial charge >= 0.3 is 0 Å². The number of anilines is 1. The molecule has 0 unspecified atom stereocenters. The van der Waals surface area contributed by atoms with Gasteiger partial charge in [0.2, 0.25) is 0 Å². The topological polar surface area (TPSA) is 64.4 Å². The molecule has 0 saturated carbocycles. The Morgan fingerprint density at radius 1 is 1.16 bits per heavy atom. The fourth-order valence-electron chi connectivity index (χ4n) is 1.54. The molecule has 0 aliphatic carbocycles. The second-order valence-electron chi connectivity index (χ2n) is 3.78. The number of rotatable bonds is 4. The molecule has 0 radical (unpaired) electrons. The van der Waals surface area contributed by atoms with Gasteiger partial charge in [-0.15, -0.1) is 0 Å². The van der Waals surface area contributed by atoms with Crippen molar-refractivity contribution in [1.29, 1.82) is 0 Å². The van der Waals surface area contributed by atoms with E-state index in [1.165, 1.54) is 6.07 Å². The van der Waals surface area contributed by atoms with Gasteiger partial charge in [0.25, 0.3) is 5.69 Å². The van der Waals surface area contributed by atoms with Crippen LogP contribution in [0.4, 0.5) is 15.8 Å². The molecule has 5 nitrogen and oxygen atoms in total. The molecular weight excluding hydrogens is 251 g/mol. The Balaban J connectivity index is 2.24. The van der Waals surface area contributed by atoms with Crippen molar-refractivity contribution in [2.45, 2.75) is 0 Å². The molecule has 6 heteroatoms. The van der Waals surface area contributed by atoms with E-state index in [9.17, 15) is 14.5 Å². The summed E-state index contributed by atoms with van der Waals surface area (Å²) in [5.41, 5.74) is 0.555. The molecule has 0 aliphatic rings. The van der Waals surface area contributed by atoms with Gasteiger partial charge in [-0.2, -0.15) is 0 Å². The maximum absolute atomic E-state index is 13.2. The first kappa shape index (κ1) is 12.8. The van der Waals surface area contributed by atoms with Crippen molar-refractivity contribution in [2.75, 3.05) is 12.4 Å². The van der Waals surface area contributed by atoms with E-state index in [2.05, 4.69) is 5.32 Å². The van der Waals surface area contributed by atoms with Gasteiger partial charge in [0.1, 0.15) is 17.3 Å². The maximum Gasteiger partial charge on any atom is 0.276 e. The number of nitro groups is 1. The molecule has 2 aromatic carbocycles. The van der Waals surface area contributed by atoms with Crippen molar-refractivity contribution in [2.24, 2.45) is 0 Å². The summed E-state index contributed by atoms with van der Waals surface area (Å²) in [6.07, 6.45) is 0. The van der Waals surface area contributed by atoms with E-state index in [4.69, 9.17) is 4.74 Å². The summed E-state index contributed by atoms with van der Waals surface area (Å²) in [4.78, 5) is 9.95. The maximum atomic E-state index is 13.2. The Labute approximate surface area is 108 Å². The summed E-state index contributed by atoms with van der Waals surface area (Å²) in [5, 5.41) is 13.6. The zero-order chi connectivity index (χ0) is 13.8. The summed E-state index contributed by atoms with van der Waals surface area (Å²) in [6.45, 7) is 0. The minimum Gasteiger partial charge on any atom is -0.457 e. The highest BCUT2D eigenvalue weighted by molar-refractivity contribution is 5.47. The van der Waals surface area contributed by atoms with Gasteiger partial charge in [-0.05, 0) is 24.3 Å². The molecule has 0 bridgehead atoms. The van der Waals surface area contributed by atoms with Gasteiger partial charge in [-0.25, -0.2) is 4.39 Å².